The van der Waals surface area contributed by atoms with Crippen molar-refractivity contribution in [2.24, 2.45) is 5.92 Å². The molecule has 2 saturated heterocycles. The van der Waals surface area contributed by atoms with Crippen LogP contribution in [0.1, 0.15) is 36.5 Å². The van der Waals surface area contributed by atoms with Gasteiger partial charge in [-0.1, -0.05) is 18.2 Å². The average Bonchev–Trinajstić information content (AvgIpc) is 2.80. The minimum Gasteiger partial charge on any atom is -0.466 e. The van der Waals surface area contributed by atoms with Crippen molar-refractivity contribution in [3.05, 3.63) is 35.9 Å². The summed E-state index contributed by atoms with van der Waals surface area (Å²) in [5.74, 6) is -1.02. The quantitative estimate of drug-likeness (QED) is 0.797. The molecule has 4 atom stereocenters. The number of nitrogens with zero attached hydrogens (tertiary/aromatic N) is 1. The highest BCUT2D eigenvalue weighted by molar-refractivity contribution is 5.89. The van der Waals surface area contributed by atoms with Gasteiger partial charge in [-0.2, -0.15) is 0 Å². The van der Waals surface area contributed by atoms with Crippen LogP contribution in [0.4, 0.5) is 0 Å². The van der Waals surface area contributed by atoms with E-state index in [0.717, 1.165) is 12.8 Å². The van der Waals surface area contributed by atoms with E-state index < -0.39 is 12.0 Å². The lowest BCUT2D eigenvalue weighted by Crippen LogP contribution is -2.53. The van der Waals surface area contributed by atoms with Gasteiger partial charge in [0.1, 0.15) is 12.0 Å². The summed E-state index contributed by atoms with van der Waals surface area (Å²) in [5.41, 5.74) is 0.515. The smallest absolute Gasteiger partial charge is 0.338 e. The van der Waals surface area contributed by atoms with Gasteiger partial charge in [-0.05, 0) is 38.9 Å². The van der Waals surface area contributed by atoms with Crippen LogP contribution in [0.3, 0.4) is 0 Å². The number of piperidine rings is 1. The second-order valence-corrected chi connectivity index (χ2v) is 6.29. The molecule has 2 fully saturated rings. The second kappa shape index (κ2) is 6.71. The highest BCUT2D eigenvalue weighted by atomic mass is 16.6. The number of ether oxygens (including phenoxy) is 2. The van der Waals surface area contributed by atoms with E-state index in [4.69, 9.17) is 9.47 Å². The van der Waals surface area contributed by atoms with Crippen LogP contribution in [0.15, 0.2) is 30.3 Å². The molecule has 5 heteroatoms. The molecule has 2 bridgehead atoms. The van der Waals surface area contributed by atoms with E-state index in [1.807, 2.05) is 13.1 Å². The summed E-state index contributed by atoms with van der Waals surface area (Å²) in [5, 5.41) is 0. The topological polar surface area (TPSA) is 55.8 Å². The van der Waals surface area contributed by atoms with Gasteiger partial charge in [0.25, 0.3) is 0 Å². The van der Waals surface area contributed by atoms with E-state index in [1.165, 1.54) is 0 Å². The first kappa shape index (κ1) is 16.0. The van der Waals surface area contributed by atoms with E-state index in [-0.39, 0.29) is 18.0 Å². The molecular formula is C18H23NO4. The first-order valence-electron chi connectivity index (χ1n) is 8.26. The number of fused-ring (bicyclic) bond motifs is 2. The van der Waals surface area contributed by atoms with Crippen LogP contribution in [0, 0.1) is 5.92 Å². The Morgan fingerprint density at radius 2 is 1.96 bits per heavy atom. The largest absolute Gasteiger partial charge is 0.466 e. The summed E-state index contributed by atoms with van der Waals surface area (Å²) in [6.07, 6.45) is 2.27. The summed E-state index contributed by atoms with van der Waals surface area (Å²) >= 11 is 0. The monoisotopic (exact) mass is 317 g/mol. The molecule has 0 spiro atoms. The molecule has 0 aromatic heterocycles. The molecule has 2 heterocycles. The first-order valence-corrected chi connectivity index (χ1v) is 8.26. The average molecular weight is 317 g/mol. The maximum atomic E-state index is 12.4. The van der Waals surface area contributed by atoms with Crippen molar-refractivity contribution in [2.75, 3.05) is 13.7 Å². The van der Waals surface area contributed by atoms with Crippen molar-refractivity contribution in [3.63, 3.8) is 0 Å². The Hall–Kier alpha value is -1.88. The molecule has 1 aromatic carbocycles. The first-order chi connectivity index (χ1) is 11.1. The van der Waals surface area contributed by atoms with E-state index in [1.54, 1.807) is 31.2 Å². The normalized spacial score (nSPS) is 30.0. The Morgan fingerprint density at radius 1 is 1.22 bits per heavy atom. The predicted octanol–water partition coefficient (Wildman–Crippen LogP) is 2.26. The molecule has 23 heavy (non-hydrogen) atoms. The Labute approximate surface area is 136 Å². The lowest BCUT2D eigenvalue weighted by atomic mass is 9.87. The van der Waals surface area contributed by atoms with Crippen LogP contribution >= 0.6 is 0 Å². The van der Waals surface area contributed by atoms with Gasteiger partial charge in [0.15, 0.2) is 0 Å². The summed E-state index contributed by atoms with van der Waals surface area (Å²) in [7, 11) is 2.05. The molecule has 3 rings (SSSR count). The zero-order chi connectivity index (χ0) is 16.4. The van der Waals surface area contributed by atoms with Crippen molar-refractivity contribution in [2.45, 2.75) is 44.4 Å². The van der Waals surface area contributed by atoms with Gasteiger partial charge in [-0.15, -0.1) is 0 Å². The molecule has 1 aromatic rings. The fraction of sp³-hybridized carbons (Fsp3) is 0.556. The minimum absolute atomic E-state index is 0.0985. The maximum Gasteiger partial charge on any atom is 0.338 e. The molecule has 0 amide bonds. The zero-order valence-electron chi connectivity index (χ0n) is 13.6. The van der Waals surface area contributed by atoms with Crippen molar-refractivity contribution < 1.29 is 19.1 Å². The third-order valence-electron chi connectivity index (χ3n) is 5.04. The number of hydrogen-bond acceptors (Lipinski definition) is 5. The molecule has 5 nitrogen and oxygen atoms in total. The molecule has 2 aliphatic rings. The summed E-state index contributed by atoms with van der Waals surface area (Å²) in [6.45, 7) is 2.14. The summed E-state index contributed by atoms with van der Waals surface area (Å²) in [4.78, 5) is 27.0. The number of carbonyl (C=O) groups is 2. The van der Waals surface area contributed by atoms with Crippen LogP contribution in [-0.4, -0.2) is 48.7 Å². The lowest BCUT2D eigenvalue weighted by Gasteiger charge is -2.40. The van der Waals surface area contributed by atoms with Crippen LogP contribution in [-0.2, 0) is 14.3 Å². The van der Waals surface area contributed by atoms with E-state index in [2.05, 4.69) is 4.90 Å². The lowest BCUT2D eigenvalue weighted by molar-refractivity contribution is -0.158. The van der Waals surface area contributed by atoms with Crippen LogP contribution in [0.5, 0.6) is 0 Å². The highest BCUT2D eigenvalue weighted by Crippen LogP contribution is 2.40. The third-order valence-corrected chi connectivity index (χ3v) is 5.04. The number of benzene rings is 1. The number of hydrogen-bond donors (Lipinski definition) is 0. The second-order valence-electron chi connectivity index (χ2n) is 6.29. The Kier molecular flexibility index (Phi) is 4.66. The van der Waals surface area contributed by atoms with Gasteiger partial charge < -0.3 is 9.47 Å². The molecular weight excluding hydrogens is 294 g/mol. The molecule has 0 saturated carbocycles. The number of carbonyl (C=O) groups excluding carboxylic acids is 2. The fourth-order valence-corrected chi connectivity index (χ4v) is 3.87. The van der Waals surface area contributed by atoms with Gasteiger partial charge in [0, 0.05) is 18.5 Å². The molecule has 124 valence electrons. The Morgan fingerprint density at radius 3 is 2.65 bits per heavy atom. The van der Waals surface area contributed by atoms with Crippen molar-refractivity contribution in [1.29, 1.82) is 0 Å². The minimum atomic E-state index is -0.407. The fourth-order valence-electron chi connectivity index (χ4n) is 3.87. The van der Waals surface area contributed by atoms with Crippen LogP contribution < -0.4 is 0 Å². The number of esters is 2. The Bertz CT molecular complexity index is 574. The van der Waals surface area contributed by atoms with Crippen molar-refractivity contribution in [1.82, 2.24) is 4.90 Å². The van der Waals surface area contributed by atoms with Gasteiger partial charge in [0.2, 0.25) is 0 Å². The van der Waals surface area contributed by atoms with E-state index in [0.29, 0.717) is 24.6 Å². The molecule has 2 unspecified atom stereocenters. The van der Waals surface area contributed by atoms with Crippen LogP contribution in [0.25, 0.3) is 0 Å². The molecule has 0 radical (unpaired) electrons. The van der Waals surface area contributed by atoms with Gasteiger partial charge in [0.05, 0.1) is 12.2 Å². The molecule has 2 aliphatic heterocycles. The maximum absolute atomic E-state index is 12.4. The SMILES string of the molecule is CCOC(=O)C1C2CC[C@H](C[C@@H]1OC(=O)c1ccccc1)N2C. The molecule has 0 aliphatic carbocycles. The predicted molar refractivity (Wildman–Crippen MR) is 85.0 cm³/mol. The summed E-state index contributed by atoms with van der Waals surface area (Å²) in [6, 6.07) is 9.39. The van der Waals surface area contributed by atoms with Crippen molar-refractivity contribution >= 4 is 11.9 Å². The zero-order valence-corrected chi connectivity index (χ0v) is 13.6. The summed E-state index contributed by atoms with van der Waals surface area (Å²) < 4.78 is 11.0. The van der Waals surface area contributed by atoms with Crippen molar-refractivity contribution in [3.8, 4) is 0 Å². The highest BCUT2D eigenvalue weighted by Gasteiger charge is 2.51. The van der Waals surface area contributed by atoms with Gasteiger partial charge in [-0.25, -0.2) is 4.79 Å². The Balaban J connectivity index is 1.78. The van der Waals surface area contributed by atoms with E-state index >= 15 is 0 Å². The van der Waals surface area contributed by atoms with Gasteiger partial charge in [-0.3, -0.25) is 9.69 Å². The standard InChI is InChI=1S/C18H23NO4/c1-3-22-18(21)16-14-10-9-13(19(14)2)11-15(16)23-17(20)12-7-5-4-6-8-12/h4-8,13-16H,3,9-11H2,1-2H3/t13-,14?,15+,16?/m1/s1. The van der Waals surface area contributed by atoms with Gasteiger partial charge >= 0.3 is 11.9 Å². The van der Waals surface area contributed by atoms with E-state index in [9.17, 15) is 9.59 Å². The molecule has 0 N–H and O–H groups in total. The third kappa shape index (κ3) is 3.11. The number of rotatable bonds is 4. The van der Waals surface area contributed by atoms with Crippen LogP contribution in [0.2, 0.25) is 0 Å².